The highest BCUT2D eigenvalue weighted by Gasteiger charge is 2.40. The first-order chi connectivity index (χ1) is 10.3. The Morgan fingerprint density at radius 1 is 1.14 bits per heavy atom. The lowest BCUT2D eigenvalue weighted by Crippen LogP contribution is -2.32. The van der Waals surface area contributed by atoms with Gasteiger partial charge in [0.05, 0.1) is 0 Å². The molecule has 110 valence electrons. The molecule has 0 aliphatic heterocycles. The summed E-state index contributed by atoms with van der Waals surface area (Å²) < 4.78 is 14.0. The Kier molecular flexibility index (Phi) is 3.56. The summed E-state index contributed by atoms with van der Waals surface area (Å²) in [6.07, 6.45) is 5.55. The van der Waals surface area contributed by atoms with E-state index in [0.717, 1.165) is 28.8 Å². The second-order valence-corrected chi connectivity index (χ2v) is 7.32. The zero-order chi connectivity index (χ0) is 14.2. The molecule has 2 aliphatic carbocycles. The first-order valence-electron chi connectivity index (χ1n) is 7.87. The summed E-state index contributed by atoms with van der Waals surface area (Å²) >= 11 is 1.59. The van der Waals surface area contributed by atoms with Crippen LogP contribution >= 0.6 is 11.3 Å². The lowest BCUT2D eigenvalue weighted by atomic mass is 10.1. The standard InChI is InChI=1S/C18H20FNS/c19-16-8-3-12(10-15(16)17-2-1-9-21-17)11-20-18(13-4-5-13)14-6-7-14/h1-3,8-10,13-14,18,20H,4-7,11H2. The molecule has 1 nitrogen and oxygen atoms in total. The van der Waals surface area contributed by atoms with Crippen LogP contribution in [0.3, 0.4) is 0 Å². The van der Waals surface area contributed by atoms with Gasteiger partial charge in [-0.2, -0.15) is 0 Å². The van der Waals surface area contributed by atoms with E-state index >= 15 is 0 Å². The zero-order valence-corrected chi connectivity index (χ0v) is 12.8. The number of halogens is 1. The summed E-state index contributed by atoms with van der Waals surface area (Å²) in [5.41, 5.74) is 1.92. The van der Waals surface area contributed by atoms with E-state index in [4.69, 9.17) is 0 Å². The SMILES string of the molecule is Fc1ccc(CNC(C2CC2)C2CC2)cc1-c1cccs1. The van der Waals surface area contributed by atoms with Crippen LogP contribution in [0.25, 0.3) is 10.4 Å². The largest absolute Gasteiger partial charge is 0.309 e. The van der Waals surface area contributed by atoms with E-state index in [1.165, 1.54) is 31.2 Å². The monoisotopic (exact) mass is 301 g/mol. The van der Waals surface area contributed by atoms with E-state index in [1.54, 1.807) is 17.4 Å². The molecule has 0 unspecified atom stereocenters. The van der Waals surface area contributed by atoms with E-state index in [9.17, 15) is 4.39 Å². The number of hydrogen-bond acceptors (Lipinski definition) is 2. The molecule has 1 N–H and O–H groups in total. The van der Waals surface area contributed by atoms with Gasteiger partial charge in [-0.25, -0.2) is 4.39 Å². The summed E-state index contributed by atoms with van der Waals surface area (Å²) in [4.78, 5) is 1.01. The molecule has 0 atom stereocenters. The first kappa shape index (κ1) is 13.5. The molecule has 0 radical (unpaired) electrons. The minimum Gasteiger partial charge on any atom is -0.309 e. The van der Waals surface area contributed by atoms with Gasteiger partial charge in [0, 0.05) is 23.0 Å². The van der Waals surface area contributed by atoms with Crippen LogP contribution in [0, 0.1) is 17.7 Å². The molecular formula is C18H20FNS. The summed E-state index contributed by atoms with van der Waals surface area (Å²) in [5, 5.41) is 5.73. The van der Waals surface area contributed by atoms with Gasteiger partial charge in [-0.3, -0.25) is 0 Å². The highest BCUT2D eigenvalue weighted by atomic mass is 32.1. The molecule has 1 heterocycles. The third kappa shape index (κ3) is 3.04. The predicted octanol–water partition coefficient (Wildman–Crippen LogP) is 4.83. The van der Waals surface area contributed by atoms with Crippen LogP contribution in [-0.2, 0) is 6.54 Å². The van der Waals surface area contributed by atoms with Crippen LogP contribution in [0.4, 0.5) is 4.39 Å². The smallest absolute Gasteiger partial charge is 0.131 e. The van der Waals surface area contributed by atoms with Crippen molar-refractivity contribution in [3.8, 4) is 10.4 Å². The van der Waals surface area contributed by atoms with Crippen LogP contribution in [0.5, 0.6) is 0 Å². The molecule has 4 rings (SSSR count). The van der Waals surface area contributed by atoms with E-state index < -0.39 is 0 Å². The van der Waals surface area contributed by atoms with Crippen molar-refractivity contribution in [2.75, 3.05) is 0 Å². The molecule has 0 spiro atoms. The second-order valence-electron chi connectivity index (χ2n) is 6.37. The normalized spacial score (nSPS) is 18.4. The molecule has 0 bridgehead atoms. The number of hydrogen-bond donors (Lipinski definition) is 1. The highest BCUT2D eigenvalue weighted by molar-refractivity contribution is 7.13. The van der Waals surface area contributed by atoms with Crippen molar-refractivity contribution >= 4 is 11.3 Å². The Morgan fingerprint density at radius 2 is 1.90 bits per heavy atom. The van der Waals surface area contributed by atoms with Gasteiger partial charge >= 0.3 is 0 Å². The van der Waals surface area contributed by atoms with Crippen molar-refractivity contribution in [2.24, 2.45) is 11.8 Å². The van der Waals surface area contributed by atoms with Gasteiger partial charge < -0.3 is 5.32 Å². The van der Waals surface area contributed by atoms with E-state index in [-0.39, 0.29) is 5.82 Å². The molecule has 1 aromatic heterocycles. The van der Waals surface area contributed by atoms with Gasteiger partial charge in [-0.15, -0.1) is 11.3 Å². The maximum Gasteiger partial charge on any atom is 0.131 e. The molecule has 2 aromatic rings. The molecule has 1 aromatic carbocycles. The summed E-state index contributed by atoms with van der Waals surface area (Å²) in [7, 11) is 0. The topological polar surface area (TPSA) is 12.0 Å². The summed E-state index contributed by atoms with van der Waals surface area (Å²) in [5.74, 6) is 1.67. The highest BCUT2D eigenvalue weighted by Crippen LogP contribution is 2.44. The summed E-state index contributed by atoms with van der Waals surface area (Å²) in [6, 6.07) is 10.2. The third-order valence-electron chi connectivity index (χ3n) is 4.62. The van der Waals surface area contributed by atoms with E-state index in [0.29, 0.717) is 6.04 Å². The van der Waals surface area contributed by atoms with Gasteiger partial charge in [0.25, 0.3) is 0 Å². The van der Waals surface area contributed by atoms with Gasteiger partial charge in [-0.05, 0) is 66.7 Å². The molecule has 2 saturated carbocycles. The van der Waals surface area contributed by atoms with E-state index in [2.05, 4.69) is 5.32 Å². The van der Waals surface area contributed by atoms with Gasteiger partial charge in [-0.1, -0.05) is 12.1 Å². The van der Waals surface area contributed by atoms with Crippen molar-refractivity contribution in [1.29, 1.82) is 0 Å². The number of rotatable bonds is 6. The van der Waals surface area contributed by atoms with Crippen molar-refractivity contribution in [3.05, 3.63) is 47.1 Å². The van der Waals surface area contributed by atoms with Crippen molar-refractivity contribution in [1.82, 2.24) is 5.32 Å². The molecule has 2 fully saturated rings. The van der Waals surface area contributed by atoms with Crippen LogP contribution in [0.2, 0.25) is 0 Å². The number of thiophene rings is 1. The maximum atomic E-state index is 14.0. The Bertz CT molecular complexity index is 602. The average Bonchev–Trinajstić information content (AvgIpc) is 3.42. The minimum atomic E-state index is -0.123. The molecular weight excluding hydrogens is 281 g/mol. The van der Waals surface area contributed by atoms with Crippen LogP contribution in [0.1, 0.15) is 31.2 Å². The Labute approximate surface area is 129 Å². The first-order valence-corrected chi connectivity index (χ1v) is 8.75. The molecule has 0 amide bonds. The van der Waals surface area contributed by atoms with Crippen molar-refractivity contribution in [2.45, 2.75) is 38.3 Å². The van der Waals surface area contributed by atoms with Gasteiger partial charge in [0.2, 0.25) is 0 Å². The number of nitrogens with one attached hydrogen (secondary N) is 1. The Balaban J connectivity index is 1.48. The van der Waals surface area contributed by atoms with E-state index in [1.807, 2.05) is 29.6 Å². The average molecular weight is 301 g/mol. The Morgan fingerprint density at radius 3 is 2.52 bits per heavy atom. The zero-order valence-electron chi connectivity index (χ0n) is 12.0. The fourth-order valence-corrected chi connectivity index (χ4v) is 3.91. The number of benzene rings is 1. The van der Waals surface area contributed by atoms with Crippen molar-refractivity contribution in [3.63, 3.8) is 0 Å². The van der Waals surface area contributed by atoms with Crippen LogP contribution in [-0.4, -0.2) is 6.04 Å². The third-order valence-corrected chi connectivity index (χ3v) is 5.52. The van der Waals surface area contributed by atoms with Gasteiger partial charge in [0.1, 0.15) is 5.82 Å². The fourth-order valence-electron chi connectivity index (χ4n) is 3.17. The van der Waals surface area contributed by atoms with Crippen molar-refractivity contribution < 1.29 is 4.39 Å². The summed E-state index contributed by atoms with van der Waals surface area (Å²) in [6.45, 7) is 0.857. The second kappa shape index (κ2) is 5.54. The molecule has 2 aliphatic rings. The maximum absolute atomic E-state index is 14.0. The lowest BCUT2D eigenvalue weighted by Gasteiger charge is -2.18. The molecule has 0 saturated heterocycles. The molecule has 3 heteroatoms. The Hall–Kier alpha value is -1.19. The fraction of sp³-hybridized carbons (Fsp3) is 0.444. The lowest BCUT2D eigenvalue weighted by molar-refractivity contribution is 0.415. The van der Waals surface area contributed by atoms with Crippen LogP contribution < -0.4 is 5.32 Å². The quantitative estimate of drug-likeness (QED) is 0.805. The van der Waals surface area contributed by atoms with Crippen LogP contribution in [0.15, 0.2) is 35.7 Å². The van der Waals surface area contributed by atoms with Gasteiger partial charge in [0.15, 0.2) is 0 Å². The molecule has 21 heavy (non-hydrogen) atoms. The predicted molar refractivity (Wildman–Crippen MR) is 85.8 cm³/mol. The minimum absolute atomic E-state index is 0.123.